The number of carbonyl (C=O) groups is 5. The molecule has 0 aliphatic heterocycles. The van der Waals surface area contributed by atoms with E-state index in [2.05, 4.69) is 26.6 Å². The van der Waals surface area contributed by atoms with E-state index in [4.69, 9.17) is 4.74 Å². The number of aliphatic hydroxyl groups is 2. The minimum Gasteiger partial charge on any atom is -0.444 e. The maximum absolute atomic E-state index is 13.7. The van der Waals surface area contributed by atoms with Crippen LogP contribution in [0.25, 0.3) is 0 Å². The zero-order valence-electron chi connectivity index (χ0n) is 31.4. The van der Waals surface area contributed by atoms with Gasteiger partial charge in [-0.1, -0.05) is 65.0 Å². The molecule has 14 heteroatoms. The highest BCUT2D eigenvalue weighted by Crippen LogP contribution is 2.17. The number of rotatable bonds is 20. The Labute approximate surface area is 302 Å². The summed E-state index contributed by atoms with van der Waals surface area (Å²) in [6, 6.07) is 5.34. The predicted octanol–water partition coefficient (Wildman–Crippen LogP) is 2.87. The third kappa shape index (κ3) is 17.0. The molecule has 7 N–H and O–H groups in total. The maximum Gasteiger partial charge on any atom is 0.408 e. The van der Waals surface area contributed by atoms with Crippen LogP contribution in [0.4, 0.5) is 4.79 Å². The van der Waals surface area contributed by atoms with E-state index < -0.39 is 77.6 Å². The second-order valence-corrected chi connectivity index (χ2v) is 15.6. The van der Waals surface area contributed by atoms with Crippen LogP contribution in [-0.4, -0.2) is 93.9 Å². The highest BCUT2D eigenvalue weighted by atomic mass is 32.2. The second-order valence-electron chi connectivity index (χ2n) is 14.6. The van der Waals surface area contributed by atoms with Gasteiger partial charge in [0.2, 0.25) is 23.6 Å². The molecule has 0 fully saturated rings. The zero-order chi connectivity index (χ0) is 38.2. The number of carbonyl (C=O) groups excluding carboxylic acids is 5. The van der Waals surface area contributed by atoms with E-state index >= 15 is 0 Å². The Bertz CT molecular complexity index is 1220. The van der Waals surface area contributed by atoms with E-state index in [-0.39, 0.29) is 24.8 Å². The largest absolute Gasteiger partial charge is 0.444 e. The fraction of sp³-hybridized carbons (Fsp3) is 0.694. The quantitative estimate of drug-likeness (QED) is 0.106. The monoisotopic (exact) mass is 723 g/mol. The van der Waals surface area contributed by atoms with Gasteiger partial charge in [0, 0.05) is 12.5 Å². The van der Waals surface area contributed by atoms with Crippen LogP contribution in [0.3, 0.4) is 0 Å². The van der Waals surface area contributed by atoms with Gasteiger partial charge in [-0.2, -0.15) is 11.8 Å². The van der Waals surface area contributed by atoms with Gasteiger partial charge in [-0.05, 0) is 76.4 Å². The fourth-order valence-corrected chi connectivity index (χ4v) is 5.54. The Balaban J connectivity index is 3.00. The number of ether oxygens (including phenoxy) is 1. The lowest BCUT2D eigenvalue weighted by molar-refractivity contribution is -0.134. The van der Waals surface area contributed by atoms with Crippen molar-refractivity contribution in [3.05, 3.63) is 35.9 Å². The predicted molar refractivity (Wildman–Crippen MR) is 196 cm³/mol. The normalized spacial score (nSPS) is 15.9. The second kappa shape index (κ2) is 21.8. The Hall–Kier alpha value is -3.36. The number of thioether (sulfide) groups is 1. The smallest absolute Gasteiger partial charge is 0.408 e. The van der Waals surface area contributed by atoms with E-state index in [0.29, 0.717) is 18.6 Å². The van der Waals surface area contributed by atoms with Gasteiger partial charge < -0.3 is 41.5 Å². The molecule has 0 bridgehead atoms. The molecular formula is C36H61N5O8S. The Morgan fingerprint density at radius 2 is 1.40 bits per heavy atom. The van der Waals surface area contributed by atoms with Crippen molar-refractivity contribution in [3.63, 3.8) is 0 Å². The van der Waals surface area contributed by atoms with E-state index in [1.807, 2.05) is 50.4 Å². The van der Waals surface area contributed by atoms with Crippen LogP contribution >= 0.6 is 11.8 Å². The molecule has 0 saturated heterocycles. The summed E-state index contributed by atoms with van der Waals surface area (Å²) < 4.78 is 5.32. The molecule has 1 rings (SSSR count). The summed E-state index contributed by atoms with van der Waals surface area (Å²) in [5.41, 5.74) is 0.0994. The van der Waals surface area contributed by atoms with Crippen molar-refractivity contribution in [2.75, 3.05) is 12.0 Å². The van der Waals surface area contributed by atoms with Gasteiger partial charge in [-0.25, -0.2) is 4.79 Å². The SMILES string of the molecule is CSCC[C@H](NC(=O)[C@@H](NC(=O)OC(C)(C)C)C(C)C)C(=O)N[C@@H](CC(C)C)[C@@H](O)C[C@@H](C)C(=O)N[C@@H](C(=O)NCc1ccccc1)[C@@H](C)O. The minimum atomic E-state index is -1.21. The third-order valence-corrected chi connectivity index (χ3v) is 8.44. The lowest BCUT2D eigenvalue weighted by atomic mass is 9.92. The van der Waals surface area contributed by atoms with E-state index in [9.17, 15) is 34.2 Å². The third-order valence-electron chi connectivity index (χ3n) is 7.80. The fourth-order valence-electron chi connectivity index (χ4n) is 5.07. The molecule has 13 nitrogen and oxygen atoms in total. The number of nitrogens with one attached hydrogen (secondary N) is 5. The number of alkyl carbamates (subject to hydrolysis) is 1. The first kappa shape index (κ1) is 44.7. The molecule has 1 aromatic rings. The van der Waals surface area contributed by atoms with Gasteiger partial charge in [0.05, 0.1) is 18.2 Å². The van der Waals surface area contributed by atoms with Crippen LogP contribution in [-0.2, 0) is 30.5 Å². The minimum absolute atomic E-state index is 0.0429. The average molecular weight is 724 g/mol. The summed E-state index contributed by atoms with van der Waals surface area (Å²) in [5, 5.41) is 35.2. The van der Waals surface area contributed by atoms with Crippen LogP contribution in [0, 0.1) is 17.8 Å². The molecule has 50 heavy (non-hydrogen) atoms. The number of hydrogen-bond donors (Lipinski definition) is 7. The van der Waals surface area contributed by atoms with Crippen LogP contribution < -0.4 is 26.6 Å². The van der Waals surface area contributed by atoms with Crippen LogP contribution in [0.5, 0.6) is 0 Å². The summed E-state index contributed by atoms with van der Waals surface area (Å²) in [6.07, 6.45) is -0.550. The maximum atomic E-state index is 13.7. The van der Waals surface area contributed by atoms with Crippen molar-refractivity contribution < 1.29 is 38.9 Å². The number of benzene rings is 1. The summed E-state index contributed by atoms with van der Waals surface area (Å²) >= 11 is 1.50. The molecule has 0 unspecified atom stereocenters. The molecule has 0 radical (unpaired) electrons. The number of aliphatic hydroxyl groups excluding tert-OH is 2. The Morgan fingerprint density at radius 1 is 0.780 bits per heavy atom. The van der Waals surface area contributed by atoms with Crippen molar-refractivity contribution in [2.24, 2.45) is 17.8 Å². The van der Waals surface area contributed by atoms with Crippen molar-refractivity contribution in [2.45, 2.75) is 130 Å². The zero-order valence-corrected chi connectivity index (χ0v) is 32.2. The van der Waals surface area contributed by atoms with Gasteiger partial charge >= 0.3 is 6.09 Å². The molecule has 1 aromatic carbocycles. The van der Waals surface area contributed by atoms with E-state index in [0.717, 1.165) is 5.56 Å². The number of hydrogen-bond acceptors (Lipinski definition) is 9. The molecule has 284 valence electrons. The van der Waals surface area contributed by atoms with Crippen molar-refractivity contribution in [1.82, 2.24) is 26.6 Å². The lowest BCUT2D eigenvalue weighted by Crippen LogP contribution is -2.58. The van der Waals surface area contributed by atoms with Gasteiger partial charge in [-0.15, -0.1) is 0 Å². The van der Waals surface area contributed by atoms with Gasteiger partial charge in [-0.3, -0.25) is 19.2 Å². The van der Waals surface area contributed by atoms with Crippen molar-refractivity contribution in [3.8, 4) is 0 Å². The van der Waals surface area contributed by atoms with Crippen LogP contribution in [0.15, 0.2) is 30.3 Å². The molecule has 0 aromatic heterocycles. The highest BCUT2D eigenvalue weighted by Gasteiger charge is 2.34. The van der Waals surface area contributed by atoms with Crippen molar-refractivity contribution in [1.29, 1.82) is 0 Å². The summed E-state index contributed by atoms with van der Waals surface area (Å²) in [4.78, 5) is 65.5. The van der Waals surface area contributed by atoms with Gasteiger partial charge in [0.15, 0.2) is 0 Å². The first-order valence-corrected chi connectivity index (χ1v) is 18.7. The molecule has 0 saturated carbocycles. The standard InChI is InChI=1S/C36H61N5O8S/c1-21(2)18-27(28(43)19-23(5)31(44)40-30(24(6)42)33(46)37-20-25-14-12-11-13-15-25)39-32(45)26(16-17-50-10)38-34(47)29(22(3)4)41-35(48)49-36(7,8)9/h11-15,21-24,26-30,42-43H,16-20H2,1-10H3,(H,37,46)(H,38,47)(H,39,45)(H,40,44)(H,41,48)/t23-,24-,26+,27+,28+,29+,30-/m1/s1. The van der Waals surface area contributed by atoms with E-state index in [1.165, 1.54) is 18.7 Å². The van der Waals surface area contributed by atoms with Crippen LogP contribution in [0.2, 0.25) is 0 Å². The topological polar surface area (TPSA) is 195 Å². The van der Waals surface area contributed by atoms with Crippen molar-refractivity contribution >= 4 is 41.5 Å². The summed E-state index contributed by atoms with van der Waals surface area (Å²) in [5.74, 6) is -2.60. The van der Waals surface area contributed by atoms with Gasteiger partial charge in [0.1, 0.15) is 23.7 Å². The van der Waals surface area contributed by atoms with Gasteiger partial charge in [0.25, 0.3) is 0 Å². The molecule has 0 heterocycles. The highest BCUT2D eigenvalue weighted by molar-refractivity contribution is 7.98. The molecule has 0 aliphatic rings. The van der Waals surface area contributed by atoms with Crippen LogP contribution in [0.1, 0.15) is 87.1 Å². The molecule has 0 spiro atoms. The number of amides is 5. The Morgan fingerprint density at radius 3 is 1.92 bits per heavy atom. The molecule has 0 aliphatic carbocycles. The molecular weight excluding hydrogens is 662 g/mol. The first-order chi connectivity index (χ1) is 23.2. The first-order valence-electron chi connectivity index (χ1n) is 17.3. The summed E-state index contributed by atoms with van der Waals surface area (Å²) in [7, 11) is 0. The molecule has 5 amide bonds. The van der Waals surface area contributed by atoms with E-state index in [1.54, 1.807) is 41.5 Å². The molecule has 7 atom stereocenters. The average Bonchev–Trinajstić information content (AvgIpc) is 3.01. The summed E-state index contributed by atoms with van der Waals surface area (Å²) in [6.45, 7) is 15.8. The Kier molecular flexibility index (Phi) is 19.4. The lowest BCUT2D eigenvalue weighted by Gasteiger charge is -2.31.